The van der Waals surface area contributed by atoms with E-state index in [1.54, 1.807) is 0 Å². The Morgan fingerprint density at radius 2 is 1.89 bits per heavy atom. The first-order chi connectivity index (χ1) is 9.13. The van der Waals surface area contributed by atoms with Crippen molar-refractivity contribution in [1.82, 2.24) is 9.97 Å². The van der Waals surface area contributed by atoms with E-state index in [4.69, 9.17) is 0 Å². The molecule has 19 heavy (non-hydrogen) atoms. The fraction of sp³-hybridized carbons (Fsp3) is 0.333. The van der Waals surface area contributed by atoms with Crippen molar-refractivity contribution in [3.05, 3.63) is 51.3 Å². The summed E-state index contributed by atoms with van der Waals surface area (Å²) in [4.78, 5) is 11.4. The number of aryl methyl sites for hydroxylation is 2. The van der Waals surface area contributed by atoms with Crippen LogP contribution < -0.4 is 4.90 Å². The molecule has 0 spiro atoms. The van der Waals surface area contributed by atoms with Crippen molar-refractivity contribution in [2.75, 3.05) is 11.4 Å². The molecule has 1 aliphatic rings. The molecule has 0 fully saturated rings. The topological polar surface area (TPSA) is 29.0 Å². The van der Waals surface area contributed by atoms with Gasteiger partial charge in [-0.25, -0.2) is 9.97 Å². The zero-order valence-corrected chi connectivity index (χ0v) is 12.7. The fourth-order valence-corrected chi connectivity index (χ4v) is 3.09. The van der Waals surface area contributed by atoms with E-state index in [2.05, 4.69) is 49.0 Å². The Morgan fingerprint density at radius 1 is 1.16 bits per heavy atom. The lowest BCUT2D eigenvalue weighted by atomic mass is 10.0. The molecule has 2 aromatic rings. The Kier molecular flexibility index (Phi) is 3.27. The van der Waals surface area contributed by atoms with Gasteiger partial charge in [-0.1, -0.05) is 28.1 Å². The fourth-order valence-electron chi connectivity index (χ4n) is 2.56. The van der Waals surface area contributed by atoms with Crippen molar-refractivity contribution in [3.63, 3.8) is 0 Å². The van der Waals surface area contributed by atoms with Crippen molar-refractivity contribution < 1.29 is 0 Å². The van der Waals surface area contributed by atoms with Crippen LogP contribution in [0.3, 0.4) is 0 Å². The van der Waals surface area contributed by atoms with Gasteiger partial charge in [-0.15, -0.1) is 0 Å². The summed E-state index contributed by atoms with van der Waals surface area (Å²) in [6, 6.07) is 8.42. The maximum atomic E-state index is 4.56. The van der Waals surface area contributed by atoms with Crippen LogP contribution in [-0.2, 0) is 13.0 Å². The van der Waals surface area contributed by atoms with Crippen LogP contribution in [0.5, 0.6) is 0 Å². The van der Waals surface area contributed by atoms with Crippen LogP contribution in [0.4, 0.5) is 5.95 Å². The third-order valence-corrected chi connectivity index (χ3v) is 4.21. The molecule has 98 valence electrons. The summed E-state index contributed by atoms with van der Waals surface area (Å²) in [5.74, 6) is 0.846. The summed E-state index contributed by atoms with van der Waals surface area (Å²) < 4.78 is 1.18. The average molecular weight is 318 g/mol. The van der Waals surface area contributed by atoms with E-state index in [1.165, 1.54) is 15.6 Å². The van der Waals surface area contributed by atoms with E-state index in [0.717, 1.165) is 36.8 Å². The number of hydrogen-bond acceptors (Lipinski definition) is 3. The van der Waals surface area contributed by atoms with Gasteiger partial charge in [0.25, 0.3) is 0 Å². The highest BCUT2D eigenvalue weighted by molar-refractivity contribution is 9.10. The van der Waals surface area contributed by atoms with Crippen LogP contribution in [0, 0.1) is 13.8 Å². The van der Waals surface area contributed by atoms with E-state index in [1.807, 2.05) is 19.9 Å². The number of halogens is 1. The molecule has 0 bridgehead atoms. The molecule has 0 aliphatic carbocycles. The monoisotopic (exact) mass is 317 g/mol. The Balaban J connectivity index is 1.95. The summed E-state index contributed by atoms with van der Waals surface area (Å²) in [7, 11) is 0. The van der Waals surface area contributed by atoms with Gasteiger partial charge in [0.1, 0.15) is 0 Å². The largest absolute Gasteiger partial charge is 0.336 e. The maximum Gasteiger partial charge on any atom is 0.226 e. The zero-order valence-electron chi connectivity index (χ0n) is 11.2. The maximum absolute atomic E-state index is 4.56. The molecule has 2 heterocycles. The van der Waals surface area contributed by atoms with Crippen molar-refractivity contribution in [1.29, 1.82) is 0 Å². The van der Waals surface area contributed by atoms with Crippen LogP contribution in [0.15, 0.2) is 28.7 Å². The van der Waals surface area contributed by atoms with Gasteiger partial charge in [0.05, 0.1) is 0 Å². The highest BCUT2D eigenvalue weighted by Gasteiger charge is 2.20. The smallest absolute Gasteiger partial charge is 0.226 e. The predicted molar refractivity (Wildman–Crippen MR) is 80.4 cm³/mol. The zero-order chi connectivity index (χ0) is 13.4. The van der Waals surface area contributed by atoms with Crippen molar-refractivity contribution in [2.45, 2.75) is 26.8 Å². The van der Waals surface area contributed by atoms with Gasteiger partial charge in [-0.3, -0.25) is 0 Å². The highest BCUT2D eigenvalue weighted by Crippen LogP contribution is 2.28. The molecule has 0 saturated heterocycles. The second kappa shape index (κ2) is 4.93. The molecular formula is C15H16BrN3. The second-order valence-corrected chi connectivity index (χ2v) is 5.85. The lowest BCUT2D eigenvalue weighted by molar-refractivity contribution is 0.701. The first-order valence-electron chi connectivity index (χ1n) is 6.47. The average Bonchev–Trinajstić information content (AvgIpc) is 2.38. The molecule has 0 amide bonds. The molecule has 3 rings (SSSR count). The van der Waals surface area contributed by atoms with Gasteiger partial charge in [-0.2, -0.15) is 0 Å². The van der Waals surface area contributed by atoms with E-state index in [0.29, 0.717) is 0 Å². The summed E-state index contributed by atoms with van der Waals surface area (Å²) in [5, 5.41) is 0. The van der Waals surface area contributed by atoms with Crippen LogP contribution >= 0.6 is 15.9 Å². The second-order valence-electron chi connectivity index (χ2n) is 5.00. The van der Waals surface area contributed by atoms with Gasteiger partial charge < -0.3 is 4.90 Å². The number of benzene rings is 1. The summed E-state index contributed by atoms with van der Waals surface area (Å²) in [6.07, 6.45) is 1.05. The lowest BCUT2D eigenvalue weighted by Gasteiger charge is -2.29. The lowest BCUT2D eigenvalue weighted by Crippen LogP contribution is -2.32. The Labute approximate surface area is 121 Å². The van der Waals surface area contributed by atoms with E-state index >= 15 is 0 Å². The van der Waals surface area contributed by atoms with Crippen molar-refractivity contribution >= 4 is 21.9 Å². The quantitative estimate of drug-likeness (QED) is 0.807. The van der Waals surface area contributed by atoms with Crippen LogP contribution in [0.25, 0.3) is 0 Å². The molecule has 0 saturated carbocycles. The Morgan fingerprint density at radius 3 is 2.63 bits per heavy atom. The van der Waals surface area contributed by atoms with E-state index in [-0.39, 0.29) is 0 Å². The van der Waals surface area contributed by atoms with Crippen LogP contribution in [0.1, 0.15) is 22.5 Å². The number of aromatic nitrogens is 2. The Hall–Kier alpha value is -1.42. The summed E-state index contributed by atoms with van der Waals surface area (Å²) in [6.45, 7) is 5.89. The molecule has 0 unspecified atom stereocenters. The SMILES string of the molecule is Cc1cc(C)nc(N2CCc3cccc(Br)c3C2)n1. The summed E-state index contributed by atoms with van der Waals surface area (Å²) >= 11 is 3.64. The van der Waals surface area contributed by atoms with Gasteiger partial charge in [0, 0.05) is 29.0 Å². The molecule has 4 heteroatoms. The number of rotatable bonds is 1. The van der Waals surface area contributed by atoms with Crippen molar-refractivity contribution in [2.24, 2.45) is 0 Å². The van der Waals surface area contributed by atoms with Crippen molar-refractivity contribution in [3.8, 4) is 0 Å². The molecule has 0 radical (unpaired) electrons. The van der Waals surface area contributed by atoms with E-state index < -0.39 is 0 Å². The van der Waals surface area contributed by atoms with Gasteiger partial charge in [0.15, 0.2) is 0 Å². The minimum Gasteiger partial charge on any atom is -0.336 e. The highest BCUT2D eigenvalue weighted by atomic mass is 79.9. The summed E-state index contributed by atoms with van der Waals surface area (Å²) in [5.41, 5.74) is 4.84. The molecule has 3 nitrogen and oxygen atoms in total. The molecule has 1 aliphatic heterocycles. The van der Waals surface area contributed by atoms with Gasteiger partial charge in [-0.05, 0) is 43.5 Å². The minimum absolute atomic E-state index is 0.846. The molecule has 1 aromatic heterocycles. The van der Waals surface area contributed by atoms with Crippen LogP contribution in [0.2, 0.25) is 0 Å². The van der Waals surface area contributed by atoms with E-state index in [9.17, 15) is 0 Å². The molecule has 0 atom stereocenters. The Bertz CT molecular complexity index is 605. The first kappa shape index (κ1) is 12.6. The number of nitrogens with zero attached hydrogens (tertiary/aromatic N) is 3. The number of anilines is 1. The molecular weight excluding hydrogens is 302 g/mol. The molecule has 1 aromatic carbocycles. The first-order valence-corrected chi connectivity index (χ1v) is 7.26. The third kappa shape index (κ3) is 2.50. The minimum atomic E-state index is 0.846. The number of hydrogen-bond donors (Lipinski definition) is 0. The normalized spacial score (nSPS) is 14.4. The van der Waals surface area contributed by atoms with Crippen LogP contribution in [-0.4, -0.2) is 16.5 Å². The third-order valence-electron chi connectivity index (χ3n) is 3.47. The van der Waals surface area contributed by atoms with Gasteiger partial charge in [0.2, 0.25) is 5.95 Å². The standard InChI is InChI=1S/C15H16BrN3/c1-10-8-11(2)18-15(17-10)19-7-6-12-4-3-5-14(16)13(12)9-19/h3-5,8H,6-7,9H2,1-2H3. The van der Waals surface area contributed by atoms with Gasteiger partial charge >= 0.3 is 0 Å². The predicted octanol–water partition coefficient (Wildman–Crippen LogP) is 3.42. The molecule has 0 N–H and O–H groups in total. The number of fused-ring (bicyclic) bond motifs is 1.